The molecule has 0 saturated heterocycles. The predicted octanol–water partition coefficient (Wildman–Crippen LogP) is 3.95. The van der Waals surface area contributed by atoms with Crippen LogP contribution in [0.3, 0.4) is 0 Å². The Morgan fingerprint density at radius 1 is 1.32 bits per heavy atom. The summed E-state index contributed by atoms with van der Waals surface area (Å²) < 4.78 is 1.95. The van der Waals surface area contributed by atoms with Gasteiger partial charge in [-0.15, -0.1) is 5.10 Å². The molecule has 1 amide bonds. The number of H-pyrrole nitrogens is 1. The van der Waals surface area contributed by atoms with Gasteiger partial charge in [-0.25, -0.2) is 0 Å². The lowest BCUT2D eigenvalue weighted by Gasteiger charge is -2.19. The highest BCUT2D eigenvalue weighted by Crippen LogP contribution is 2.28. The lowest BCUT2D eigenvalue weighted by Crippen LogP contribution is -2.27. The molecule has 0 bridgehead atoms. The van der Waals surface area contributed by atoms with Crippen molar-refractivity contribution in [1.82, 2.24) is 19.7 Å². The van der Waals surface area contributed by atoms with Crippen LogP contribution >= 0.6 is 0 Å². The van der Waals surface area contributed by atoms with E-state index < -0.39 is 0 Å². The maximum Gasteiger partial charge on any atom is 0.249 e. The van der Waals surface area contributed by atoms with Gasteiger partial charge in [0.05, 0.1) is 0 Å². The first kappa shape index (κ1) is 17.7. The van der Waals surface area contributed by atoms with Gasteiger partial charge in [0, 0.05) is 18.8 Å². The van der Waals surface area contributed by atoms with Crippen molar-refractivity contribution in [2.45, 2.75) is 64.8 Å². The summed E-state index contributed by atoms with van der Waals surface area (Å²) in [6.07, 6.45) is 12.1. The van der Waals surface area contributed by atoms with Crippen molar-refractivity contribution in [3.63, 3.8) is 0 Å². The largest absolute Gasteiger partial charge is 0.342 e. The molecule has 3 rings (SSSR count). The molecule has 0 aromatic carbocycles. The third-order valence-electron chi connectivity index (χ3n) is 5.02. The second kappa shape index (κ2) is 8.32. The molecular formula is C19H29N5O. The van der Waals surface area contributed by atoms with Crippen LogP contribution in [0.5, 0.6) is 0 Å². The van der Waals surface area contributed by atoms with Gasteiger partial charge in [-0.1, -0.05) is 39.5 Å². The Balaban J connectivity index is 1.57. The smallest absolute Gasteiger partial charge is 0.249 e. The minimum atomic E-state index is -0.240. The molecule has 0 aliphatic heterocycles. The molecule has 1 aliphatic rings. The number of anilines is 1. The number of carbonyl (C=O) groups excluding carboxylic acids is 1. The molecule has 2 heterocycles. The van der Waals surface area contributed by atoms with Crippen LogP contribution in [0.25, 0.3) is 0 Å². The molecule has 2 N–H and O–H groups in total. The Bertz CT molecular complexity index is 655. The maximum absolute atomic E-state index is 12.7. The summed E-state index contributed by atoms with van der Waals surface area (Å²) in [6.45, 7) is 4.25. The molecule has 2 aromatic heterocycles. The average molecular weight is 343 g/mol. The fraction of sp³-hybridized carbons (Fsp3) is 0.632. The van der Waals surface area contributed by atoms with Gasteiger partial charge >= 0.3 is 0 Å². The van der Waals surface area contributed by atoms with Crippen LogP contribution in [-0.2, 0) is 11.2 Å². The Morgan fingerprint density at radius 2 is 2.04 bits per heavy atom. The molecule has 0 spiro atoms. The van der Waals surface area contributed by atoms with Crippen molar-refractivity contribution in [2.75, 3.05) is 5.32 Å². The number of nitrogens with one attached hydrogen (secondary N) is 2. The minimum absolute atomic E-state index is 0.0637. The summed E-state index contributed by atoms with van der Waals surface area (Å²) in [5.41, 5.74) is 0. The highest BCUT2D eigenvalue weighted by atomic mass is 16.2. The lowest BCUT2D eigenvalue weighted by atomic mass is 10.0. The first-order valence-electron chi connectivity index (χ1n) is 9.46. The van der Waals surface area contributed by atoms with E-state index in [0.717, 1.165) is 31.0 Å². The van der Waals surface area contributed by atoms with Gasteiger partial charge in [-0.05, 0) is 36.8 Å². The predicted molar refractivity (Wildman–Crippen MR) is 98.2 cm³/mol. The molecular weight excluding hydrogens is 314 g/mol. The van der Waals surface area contributed by atoms with Gasteiger partial charge in [0.25, 0.3) is 0 Å². The molecule has 6 nitrogen and oxygen atoms in total. The van der Waals surface area contributed by atoms with Crippen LogP contribution < -0.4 is 5.32 Å². The van der Waals surface area contributed by atoms with Gasteiger partial charge in [0.2, 0.25) is 11.9 Å². The van der Waals surface area contributed by atoms with Gasteiger partial charge in [0.15, 0.2) is 0 Å². The van der Waals surface area contributed by atoms with Crippen molar-refractivity contribution >= 4 is 11.9 Å². The first-order chi connectivity index (χ1) is 12.1. The van der Waals surface area contributed by atoms with E-state index in [1.807, 2.05) is 29.1 Å². The second-order valence-corrected chi connectivity index (χ2v) is 7.56. The van der Waals surface area contributed by atoms with Crippen molar-refractivity contribution in [2.24, 2.45) is 11.8 Å². The summed E-state index contributed by atoms with van der Waals surface area (Å²) in [6, 6.07) is 3.64. The van der Waals surface area contributed by atoms with E-state index in [0.29, 0.717) is 11.9 Å². The number of hydrogen-bond donors (Lipinski definition) is 2. The molecule has 1 atom stereocenters. The van der Waals surface area contributed by atoms with E-state index in [1.54, 1.807) is 0 Å². The molecule has 1 unspecified atom stereocenters. The number of aromatic amines is 1. The number of rotatable bonds is 8. The molecule has 1 aliphatic carbocycles. The monoisotopic (exact) mass is 343 g/mol. The summed E-state index contributed by atoms with van der Waals surface area (Å²) >= 11 is 0. The van der Waals surface area contributed by atoms with Gasteiger partial charge in [-0.2, -0.15) is 4.98 Å². The zero-order valence-corrected chi connectivity index (χ0v) is 15.2. The number of aryl methyl sites for hydroxylation is 1. The molecule has 6 heteroatoms. The van der Waals surface area contributed by atoms with E-state index in [4.69, 9.17) is 0 Å². The van der Waals surface area contributed by atoms with Crippen molar-refractivity contribution in [3.8, 4) is 0 Å². The van der Waals surface area contributed by atoms with Crippen molar-refractivity contribution in [3.05, 3.63) is 30.4 Å². The molecule has 0 radical (unpaired) electrons. The highest BCUT2D eigenvalue weighted by Gasteiger charge is 2.22. The van der Waals surface area contributed by atoms with Gasteiger partial charge < -0.3 is 4.57 Å². The van der Waals surface area contributed by atoms with E-state index in [1.165, 1.54) is 25.7 Å². The standard InChI is InChI=1S/C19H29N5O/c1-14(2)13-16(24-11-5-6-12-24)18(25)21-19-20-17(22-23-19)10-9-15-7-3-4-8-15/h5-6,11-12,14-16H,3-4,7-10,13H2,1-2H3,(H2,20,21,22,23,25). The Hall–Kier alpha value is -2.11. The van der Waals surface area contributed by atoms with E-state index in [2.05, 4.69) is 34.3 Å². The summed E-state index contributed by atoms with van der Waals surface area (Å²) in [5, 5.41) is 10.0. The molecule has 1 saturated carbocycles. The zero-order chi connectivity index (χ0) is 17.6. The fourth-order valence-electron chi connectivity index (χ4n) is 3.66. The van der Waals surface area contributed by atoms with Crippen LogP contribution in [0.4, 0.5) is 5.95 Å². The first-order valence-corrected chi connectivity index (χ1v) is 9.46. The Morgan fingerprint density at radius 3 is 2.72 bits per heavy atom. The molecule has 1 fully saturated rings. The summed E-state index contributed by atoms with van der Waals surface area (Å²) in [7, 11) is 0. The van der Waals surface area contributed by atoms with Gasteiger partial charge in [0.1, 0.15) is 11.9 Å². The fourth-order valence-corrected chi connectivity index (χ4v) is 3.66. The lowest BCUT2D eigenvalue weighted by molar-refractivity contribution is -0.119. The topological polar surface area (TPSA) is 75.6 Å². The van der Waals surface area contributed by atoms with E-state index in [-0.39, 0.29) is 11.9 Å². The van der Waals surface area contributed by atoms with Crippen LogP contribution in [0.2, 0.25) is 0 Å². The van der Waals surface area contributed by atoms with E-state index >= 15 is 0 Å². The van der Waals surface area contributed by atoms with Crippen LogP contribution in [-0.4, -0.2) is 25.7 Å². The highest BCUT2D eigenvalue weighted by molar-refractivity contribution is 5.92. The number of aromatic nitrogens is 4. The summed E-state index contributed by atoms with van der Waals surface area (Å²) in [4.78, 5) is 17.1. The molecule has 136 valence electrons. The minimum Gasteiger partial charge on any atom is -0.342 e. The quantitative estimate of drug-likeness (QED) is 0.762. The number of hydrogen-bond acceptors (Lipinski definition) is 3. The second-order valence-electron chi connectivity index (χ2n) is 7.56. The van der Waals surface area contributed by atoms with E-state index in [9.17, 15) is 4.79 Å². The maximum atomic E-state index is 12.7. The normalized spacial score (nSPS) is 16.4. The third-order valence-corrected chi connectivity index (χ3v) is 5.02. The van der Waals surface area contributed by atoms with Crippen LogP contribution in [0.1, 0.15) is 64.2 Å². The SMILES string of the molecule is CC(C)CC(C(=O)Nc1n[nH]c(CCC2CCCC2)n1)n1cccc1. The third kappa shape index (κ3) is 4.94. The Labute approximate surface area is 149 Å². The number of nitrogens with zero attached hydrogens (tertiary/aromatic N) is 3. The Kier molecular flexibility index (Phi) is 5.89. The molecule has 25 heavy (non-hydrogen) atoms. The van der Waals surface area contributed by atoms with Crippen LogP contribution in [0.15, 0.2) is 24.5 Å². The average Bonchev–Trinajstić information content (AvgIpc) is 3.32. The van der Waals surface area contributed by atoms with Crippen molar-refractivity contribution in [1.29, 1.82) is 0 Å². The number of carbonyl (C=O) groups is 1. The van der Waals surface area contributed by atoms with Crippen molar-refractivity contribution < 1.29 is 4.79 Å². The molecule has 2 aromatic rings. The summed E-state index contributed by atoms with van der Waals surface area (Å²) in [5.74, 6) is 2.43. The van der Waals surface area contributed by atoms with Gasteiger partial charge in [-0.3, -0.25) is 15.2 Å². The van der Waals surface area contributed by atoms with Crippen LogP contribution in [0, 0.1) is 11.8 Å². The zero-order valence-electron chi connectivity index (χ0n) is 15.2. The number of amides is 1.